The number of amides is 1. The molecule has 3 heterocycles. The first-order valence-electron chi connectivity index (χ1n) is 10.5. The molecule has 0 radical (unpaired) electrons. The van der Waals surface area contributed by atoms with Crippen LogP contribution in [0.25, 0.3) is 22.6 Å². The largest absolute Gasteiger partial charge is 0.399 e. The molecule has 8 nitrogen and oxygen atoms in total. The monoisotopic (exact) mass is 439 g/mol. The summed E-state index contributed by atoms with van der Waals surface area (Å²) in [5.41, 5.74) is 4.18. The summed E-state index contributed by atoms with van der Waals surface area (Å²) in [5, 5.41) is 8.22. The molecule has 4 aromatic rings. The fraction of sp³-hybridized carbons (Fsp3) is 0.160. The highest BCUT2D eigenvalue weighted by Crippen LogP contribution is 2.32. The minimum absolute atomic E-state index is 0.131. The number of hydrogen-bond donors (Lipinski definition) is 0. The molecule has 0 saturated carbocycles. The maximum atomic E-state index is 13.4. The summed E-state index contributed by atoms with van der Waals surface area (Å²) in [5.74, 6) is 0.646. The van der Waals surface area contributed by atoms with E-state index in [1.54, 1.807) is 23.4 Å². The third-order valence-corrected chi connectivity index (χ3v) is 5.53. The van der Waals surface area contributed by atoms with Crippen molar-refractivity contribution in [2.45, 2.75) is 12.5 Å². The Morgan fingerprint density at radius 1 is 1.03 bits per heavy atom. The number of pyridine rings is 1. The van der Waals surface area contributed by atoms with Crippen molar-refractivity contribution in [1.82, 2.24) is 20.0 Å². The van der Waals surface area contributed by atoms with E-state index < -0.39 is 6.04 Å². The van der Waals surface area contributed by atoms with Gasteiger partial charge in [-0.1, -0.05) is 52.8 Å². The van der Waals surface area contributed by atoms with E-state index in [1.165, 1.54) is 7.11 Å². The van der Waals surface area contributed by atoms with E-state index in [-0.39, 0.29) is 5.91 Å². The predicted octanol–water partition coefficient (Wildman–Crippen LogP) is 4.39. The Morgan fingerprint density at radius 3 is 2.52 bits per heavy atom. The number of nitrogens with zero attached hydrogens (tertiary/aromatic N) is 5. The minimum atomic E-state index is -0.408. The van der Waals surface area contributed by atoms with Gasteiger partial charge in [0.1, 0.15) is 13.2 Å². The Hall–Kier alpha value is -4.33. The first-order chi connectivity index (χ1) is 16.2. The number of benzene rings is 2. The molecule has 0 aliphatic carbocycles. The smallest absolute Gasteiger partial charge is 0.259 e. The highest BCUT2D eigenvalue weighted by Gasteiger charge is 2.38. The Kier molecular flexibility index (Phi) is 5.63. The van der Waals surface area contributed by atoms with Gasteiger partial charge in [0.25, 0.3) is 11.8 Å². The Balaban J connectivity index is 1.42. The summed E-state index contributed by atoms with van der Waals surface area (Å²) in [6.07, 6.45) is 3.80. The molecule has 2 aromatic carbocycles. The van der Waals surface area contributed by atoms with Gasteiger partial charge in [-0.05, 0) is 35.4 Å². The van der Waals surface area contributed by atoms with Crippen molar-refractivity contribution in [1.29, 1.82) is 0 Å². The number of aromatic nitrogens is 3. The molecular weight excluding hydrogens is 418 g/mol. The highest BCUT2D eigenvalue weighted by molar-refractivity contribution is 6.00. The van der Waals surface area contributed by atoms with Crippen molar-refractivity contribution in [2.75, 3.05) is 13.7 Å². The standard InChI is InChI=1S/C25H21N5O3/c1-32-28-21-14-22(23-27-24(33-29-23)20-8-5-13-26-15-20)30(16-21)25(31)19-11-9-18(10-12-19)17-6-3-2-4-7-17/h2-13,15,22H,14,16H2,1H3/b28-21-/t22-/m0/s1. The molecular formula is C25H21N5O3. The van der Waals surface area contributed by atoms with E-state index in [0.717, 1.165) is 22.4 Å². The number of carbonyl (C=O) groups excluding carboxylic acids is 1. The molecule has 1 amide bonds. The lowest BCUT2D eigenvalue weighted by Gasteiger charge is -2.21. The van der Waals surface area contributed by atoms with E-state index in [4.69, 9.17) is 9.36 Å². The van der Waals surface area contributed by atoms with E-state index in [9.17, 15) is 4.79 Å². The summed E-state index contributed by atoms with van der Waals surface area (Å²) in [7, 11) is 1.49. The number of oxime groups is 1. The van der Waals surface area contributed by atoms with E-state index in [2.05, 4.69) is 20.3 Å². The zero-order chi connectivity index (χ0) is 22.6. The molecule has 5 rings (SSSR count). The average Bonchev–Trinajstić information content (AvgIpc) is 3.53. The van der Waals surface area contributed by atoms with Crippen LogP contribution in [0.2, 0.25) is 0 Å². The average molecular weight is 439 g/mol. The second-order valence-corrected chi connectivity index (χ2v) is 7.64. The molecule has 164 valence electrons. The zero-order valence-electron chi connectivity index (χ0n) is 18.0. The van der Waals surface area contributed by atoms with Gasteiger partial charge in [-0.2, -0.15) is 4.98 Å². The molecule has 33 heavy (non-hydrogen) atoms. The lowest BCUT2D eigenvalue weighted by molar-refractivity contribution is 0.0732. The molecule has 1 aliphatic rings. The summed E-state index contributed by atoms with van der Waals surface area (Å²) >= 11 is 0. The maximum absolute atomic E-state index is 13.4. The molecule has 1 aliphatic heterocycles. The molecule has 1 saturated heterocycles. The van der Waals surface area contributed by atoms with Gasteiger partial charge in [-0.15, -0.1) is 0 Å². The van der Waals surface area contributed by atoms with Crippen molar-refractivity contribution in [3.8, 4) is 22.6 Å². The van der Waals surface area contributed by atoms with Gasteiger partial charge in [0.05, 0.1) is 17.8 Å². The fourth-order valence-corrected chi connectivity index (χ4v) is 3.92. The topological polar surface area (TPSA) is 93.7 Å². The van der Waals surface area contributed by atoms with Gasteiger partial charge in [0.15, 0.2) is 5.82 Å². The van der Waals surface area contributed by atoms with Crippen LogP contribution in [0, 0.1) is 0 Å². The van der Waals surface area contributed by atoms with Crippen molar-refractivity contribution < 1.29 is 14.2 Å². The van der Waals surface area contributed by atoms with Crippen LogP contribution in [0.1, 0.15) is 28.6 Å². The number of rotatable bonds is 5. The first-order valence-corrected chi connectivity index (χ1v) is 10.5. The van der Waals surface area contributed by atoms with E-state index >= 15 is 0 Å². The van der Waals surface area contributed by atoms with Crippen molar-refractivity contribution in [2.24, 2.45) is 5.16 Å². The third-order valence-electron chi connectivity index (χ3n) is 5.53. The van der Waals surface area contributed by atoms with Gasteiger partial charge >= 0.3 is 0 Å². The van der Waals surface area contributed by atoms with Crippen LogP contribution in [-0.2, 0) is 4.84 Å². The first kappa shape index (κ1) is 20.6. The van der Waals surface area contributed by atoms with Gasteiger partial charge in [-0.25, -0.2) is 0 Å². The molecule has 1 atom stereocenters. The SMILES string of the molecule is CO/N=C1/C[C@@H](c2noc(-c3cccnc3)n2)N(C(=O)c2ccc(-c3ccccc3)cc2)C1. The lowest BCUT2D eigenvalue weighted by Crippen LogP contribution is -2.31. The summed E-state index contributed by atoms with van der Waals surface area (Å²) in [6, 6.07) is 20.8. The summed E-state index contributed by atoms with van der Waals surface area (Å²) < 4.78 is 5.45. The Labute approximate surface area is 190 Å². The molecule has 0 bridgehead atoms. The van der Waals surface area contributed by atoms with Crippen LogP contribution in [0.3, 0.4) is 0 Å². The molecule has 0 unspecified atom stereocenters. The maximum Gasteiger partial charge on any atom is 0.259 e. The van der Waals surface area contributed by atoms with E-state index in [1.807, 2.05) is 60.7 Å². The number of hydrogen-bond acceptors (Lipinski definition) is 7. The van der Waals surface area contributed by atoms with Crippen molar-refractivity contribution >= 4 is 11.6 Å². The van der Waals surface area contributed by atoms with Crippen molar-refractivity contribution in [3.05, 3.63) is 90.5 Å². The van der Waals surface area contributed by atoms with Gasteiger partial charge < -0.3 is 14.3 Å². The van der Waals surface area contributed by atoms with Gasteiger partial charge in [-0.3, -0.25) is 9.78 Å². The molecule has 1 fully saturated rings. The molecule has 2 aromatic heterocycles. The Morgan fingerprint density at radius 2 is 1.79 bits per heavy atom. The summed E-state index contributed by atoms with van der Waals surface area (Å²) in [4.78, 5) is 28.7. The minimum Gasteiger partial charge on any atom is -0.399 e. The van der Waals surface area contributed by atoms with Crippen LogP contribution < -0.4 is 0 Å². The molecule has 0 spiro atoms. The number of likely N-dealkylation sites (tertiary alicyclic amines) is 1. The quantitative estimate of drug-likeness (QED) is 0.428. The normalized spacial score (nSPS) is 16.8. The van der Waals surface area contributed by atoms with Crippen LogP contribution in [0.15, 0.2) is 88.8 Å². The predicted molar refractivity (Wildman–Crippen MR) is 122 cm³/mol. The van der Waals surface area contributed by atoms with Crippen molar-refractivity contribution in [3.63, 3.8) is 0 Å². The highest BCUT2D eigenvalue weighted by atomic mass is 16.6. The van der Waals surface area contributed by atoms with Crippen LogP contribution in [0.4, 0.5) is 0 Å². The molecule has 0 N–H and O–H groups in total. The second-order valence-electron chi connectivity index (χ2n) is 7.64. The fourth-order valence-electron chi connectivity index (χ4n) is 3.92. The third kappa shape index (κ3) is 4.23. The van der Waals surface area contributed by atoms with Crippen LogP contribution >= 0.6 is 0 Å². The Bertz CT molecular complexity index is 1270. The summed E-state index contributed by atoms with van der Waals surface area (Å²) in [6.45, 7) is 0.328. The van der Waals surface area contributed by atoms with E-state index in [0.29, 0.717) is 30.2 Å². The van der Waals surface area contributed by atoms with Crippen LogP contribution in [-0.4, -0.2) is 45.3 Å². The second kappa shape index (κ2) is 9.04. The van der Waals surface area contributed by atoms with Gasteiger partial charge in [0, 0.05) is 24.4 Å². The number of carbonyl (C=O) groups is 1. The zero-order valence-corrected chi connectivity index (χ0v) is 18.0. The van der Waals surface area contributed by atoms with Gasteiger partial charge in [0.2, 0.25) is 0 Å². The molecule has 8 heteroatoms. The lowest BCUT2D eigenvalue weighted by atomic mass is 10.0. The van der Waals surface area contributed by atoms with Crippen LogP contribution in [0.5, 0.6) is 0 Å².